The highest BCUT2D eigenvalue weighted by molar-refractivity contribution is 5.95. The molecule has 0 bridgehead atoms. The molecular formula is C65H108N6O17. The van der Waals surface area contributed by atoms with Gasteiger partial charge in [-0.05, 0) is 81.4 Å². The van der Waals surface area contributed by atoms with Gasteiger partial charge in [0.2, 0.25) is 23.6 Å². The maximum atomic E-state index is 14.3. The van der Waals surface area contributed by atoms with Crippen LogP contribution in [0.4, 0.5) is 0 Å². The van der Waals surface area contributed by atoms with Gasteiger partial charge in [0.25, 0.3) is 0 Å². The molecule has 1 aromatic carbocycles. The molecule has 23 heteroatoms. The summed E-state index contributed by atoms with van der Waals surface area (Å²) in [5, 5.41) is 43.6. The minimum Gasteiger partial charge on any atom is -0.508 e. The molecule has 0 saturated heterocycles. The van der Waals surface area contributed by atoms with Crippen LogP contribution in [0.25, 0.3) is 0 Å². The molecule has 23 nitrogen and oxygen atoms in total. The zero-order valence-corrected chi connectivity index (χ0v) is 53.1. The Kier molecular flexibility index (Phi) is 46.0. The van der Waals surface area contributed by atoms with Crippen molar-refractivity contribution >= 4 is 64.5 Å². The van der Waals surface area contributed by atoms with Gasteiger partial charge in [0.1, 0.15) is 42.4 Å². The van der Waals surface area contributed by atoms with E-state index in [1.165, 1.54) is 18.6 Å². The average molecular weight is 1250 g/mol. The summed E-state index contributed by atoms with van der Waals surface area (Å²) in [5.41, 5.74) is 12.0. The molecule has 500 valence electrons. The second kappa shape index (κ2) is 50.7. The van der Waals surface area contributed by atoms with Gasteiger partial charge in [0.05, 0.1) is 38.9 Å². The third-order valence-electron chi connectivity index (χ3n) is 15.2. The number of aliphatic carboxylic acids is 2. The predicted octanol–water partition coefficient (Wildman–Crippen LogP) is 7.65. The van der Waals surface area contributed by atoms with Crippen molar-refractivity contribution in [3.8, 4) is 5.75 Å². The van der Waals surface area contributed by atoms with Crippen LogP contribution < -0.4 is 27.4 Å². The van der Waals surface area contributed by atoms with Gasteiger partial charge >= 0.3 is 11.9 Å². The van der Waals surface area contributed by atoms with Crippen molar-refractivity contribution in [3.63, 3.8) is 0 Å². The number of phenolic OH excluding ortho intramolecular Hbond substituents is 1. The number of rotatable bonds is 60. The molecule has 1 rings (SSSR count). The Morgan fingerprint density at radius 2 is 1.07 bits per heavy atom. The molecule has 88 heavy (non-hydrogen) atoms. The predicted molar refractivity (Wildman–Crippen MR) is 333 cm³/mol. The Balaban J connectivity index is 2.28. The van der Waals surface area contributed by atoms with Crippen LogP contribution in [0.3, 0.4) is 0 Å². The van der Waals surface area contributed by atoms with Crippen molar-refractivity contribution in [2.45, 2.75) is 213 Å². The molecule has 11 N–H and O–H groups in total. The molecule has 0 aromatic heterocycles. The fourth-order valence-corrected chi connectivity index (χ4v) is 10.2. The molecule has 0 spiro atoms. The summed E-state index contributed by atoms with van der Waals surface area (Å²) in [6, 6.07) is 5.11. The van der Waals surface area contributed by atoms with Crippen molar-refractivity contribution < 1.29 is 82.2 Å². The van der Waals surface area contributed by atoms with Crippen LogP contribution in [0.5, 0.6) is 5.75 Å². The number of ether oxygens (including phenoxy) is 4. The highest BCUT2D eigenvalue weighted by Crippen LogP contribution is 2.31. The number of Topliss-reactive ketones (excluding diaryl/α,β-unsaturated/α-hetero) is 4. The van der Waals surface area contributed by atoms with E-state index in [1.54, 1.807) is 19.1 Å². The quantitative estimate of drug-likeness (QED) is 0.0172. The van der Waals surface area contributed by atoms with Crippen LogP contribution in [0.1, 0.15) is 206 Å². The number of hydrogen-bond acceptors (Lipinski definition) is 16. The van der Waals surface area contributed by atoms with Gasteiger partial charge in [0, 0.05) is 94.7 Å². The summed E-state index contributed by atoms with van der Waals surface area (Å²) in [4.78, 5) is 126. The summed E-state index contributed by atoms with van der Waals surface area (Å²) in [6.45, 7) is 6.94. The van der Waals surface area contributed by atoms with Crippen LogP contribution in [-0.4, -0.2) is 152 Å². The lowest BCUT2D eigenvalue weighted by Gasteiger charge is -2.27. The monoisotopic (exact) mass is 1240 g/mol. The average Bonchev–Trinajstić information content (AvgIpc) is 3.68. The molecule has 0 radical (unpaired) electrons. The maximum absolute atomic E-state index is 14.3. The summed E-state index contributed by atoms with van der Waals surface area (Å²) >= 11 is 0. The number of carbonyl (C=O) groups excluding carboxylic acids is 8. The Morgan fingerprint density at radius 1 is 0.511 bits per heavy atom. The van der Waals surface area contributed by atoms with Crippen molar-refractivity contribution in [3.05, 3.63) is 29.8 Å². The van der Waals surface area contributed by atoms with Crippen molar-refractivity contribution in [2.75, 3.05) is 65.9 Å². The second-order valence-electron chi connectivity index (χ2n) is 23.5. The van der Waals surface area contributed by atoms with E-state index < -0.39 is 47.6 Å². The van der Waals surface area contributed by atoms with Crippen molar-refractivity contribution in [1.29, 1.82) is 5.41 Å². The molecule has 0 heterocycles. The van der Waals surface area contributed by atoms with Crippen molar-refractivity contribution in [1.82, 2.24) is 16.0 Å². The van der Waals surface area contributed by atoms with E-state index in [0.29, 0.717) is 82.9 Å². The number of benzene rings is 1. The van der Waals surface area contributed by atoms with E-state index in [0.717, 1.165) is 64.2 Å². The van der Waals surface area contributed by atoms with Gasteiger partial charge in [-0.25, -0.2) is 4.79 Å². The SMILES string of the molecule is CC(C)CC(=O)C[C@@H](CCCCNC(=O)COCCOCCCC(=O)COCCOCCNC(=O)CC[C@H](NC(=O)CCCCCCCCCCCCCCC(=O)O)C(=O)O)C(=O)C(C)[C@@H](CCCCC(=N)N)C(=O)C[C@@H](Cc1ccc(O)cc1)C(N)=O. The Morgan fingerprint density at radius 3 is 1.66 bits per heavy atom. The third-order valence-corrected chi connectivity index (χ3v) is 15.2. The van der Waals surface area contributed by atoms with Gasteiger partial charge in [-0.2, -0.15) is 0 Å². The topological polar surface area (TPSA) is 380 Å². The maximum Gasteiger partial charge on any atom is 0.326 e. The van der Waals surface area contributed by atoms with Gasteiger partial charge in [-0.15, -0.1) is 0 Å². The minimum absolute atomic E-state index is 0.0162. The molecule has 0 saturated carbocycles. The van der Waals surface area contributed by atoms with Crippen LogP contribution in [0.15, 0.2) is 24.3 Å². The number of nitrogens with one attached hydrogen (secondary N) is 4. The lowest BCUT2D eigenvalue weighted by molar-refractivity contribution is -0.142. The van der Waals surface area contributed by atoms with Gasteiger partial charge in [-0.3, -0.25) is 48.6 Å². The van der Waals surface area contributed by atoms with E-state index in [1.807, 2.05) is 13.8 Å². The Bertz CT molecular complexity index is 2210. The second-order valence-corrected chi connectivity index (χ2v) is 23.5. The standard InChI is InChI=1S/C65H108N6O17/c1-47(2)41-54(74)43-50(63(81)48(3)55(23-16-17-24-58(66)67)57(75)44-51(64(68)82)42-49-27-29-52(72)30-28-49)21-18-19-33-69-61(78)46-88-40-37-85-35-20-22-53(73)45-87-39-38-86-36-34-70-59(76)32-31-56(65(83)84)71-60(77)25-14-12-10-8-6-4-5-7-9-11-13-15-26-62(79)80/h27-30,47-48,50-51,55-56,72H,4-26,31-46H2,1-3H3,(H3,66,67)(H2,68,82)(H,69,78)(H,70,76)(H,71,77)(H,79,80)(H,83,84)/t48?,50-,51-,55-,56+/m1/s1. The first kappa shape index (κ1) is 79.8. The first-order valence-corrected chi connectivity index (χ1v) is 32.2. The Labute approximate surface area is 521 Å². The fraction of sp³-hybridized carbons (Fsp3) is 0.738. The highest BCUT2D eigenvalue weighted by atomic mass is 16.5. The number of carboxylic acids is 2. The zero-order chi connectivity index (χ0) is 65.3. The summed E-state index contributed by atoms with van der Waals surface area (Å²) in [5.74, 6) is -7.19. The van der Waals surface area contributed by atoms with E-state index in [4.69, 9.17) is 40.9 Å². The van der Waals surface area contributed by atoms with E-state index in [9.17, 15) is 58.2 Å². The number of primary amides is 1. The molecule has 1 aromatic rings. The number of phenols is 1. The molecule has 0 fully saturated rings. The Hall–Kier alpha value is -6.17. The number of aromatic hydroxyl groups is 1. The summed E-state index contributed by atoms with van der Waals surface area (Å²) in [7, 11) is 0. The molecule has 4 amide bonds. The number of hydrogen-bond donors (Lipinski definition) is 9. The number of carbonyl (C=O) groups is 10. The van der Waals surface area contributed by atoms with Crippen LogP contribution >= 0.6 is 0 Å². The first-order chi connectivity index (χ1) is 42.1. The van der Waals surface area contributed by atoms with E-state index >= 15 is 0 Å². The number of nitrogens with two attached hydrogens (primary N) is 2. The molecule has 0 aliphatic heterocycles. The molecule has 0 aliphatic carbocycles. The first-order valence-electron chi connectivity index (χ1n) is 32.2. The van der Waals surface area contributed by atoms with Crippen LogP contribution in [-0.2, 0) is 73.3 Å². The number of carboxylic acid groups (broad SMARTS) is 2. The van der Waals surface area contributed by atoms with Gasteiger partial charge in [-0.1, -0.05) is 110 Å². The normalized spacial score (nSPS) is 13.0. The van der Waals surface area contributed by atoms with E-state index in [-0.39, 0.29) is 163 Å². The highest BCUT2D eigenvalue weighted by Gasteiger charge is 2.36. The van der Waals surface area contributed by atoms with Crippen molar-refractivity contribution in [2.24, 2.45) is 41.1 Å². The largest absolute Gasteiger partial charge is 0.508 e. The lowest BCUT2D eigenvalue weighted by atomic mass is 9.75. The van der Waals surface area contributed by atoms with Gasteiger partial charge < -0.3 is 61.7 Å². The number of ketones is 4. The number of amidine groups is 1. The van der Waals surface area contributed by atoms with Crippen LogP contribution in [0, 0.1) is 35.0 Å². The minimum atomic E-state index is -1.20. The van der Waals surface area contributed by atoms with Gasteiger partial charge in [0.15, 0.2) is 5.78 Å². The fourth-order valence-electron chi connectivity index (χ4n) is 10.2. The summed E-state index contributed by atoms with van der Waals surface area (Å²) < 4.78 is 21.8. The summed E-state index contributed by atoms with van der Waals surface area (Å²) in [6.07, 6.45) is 16.6. The molecular weight excluding hydrogens is 1140 g/mol. The molecule has 5 atom stereocenters. The third kappa shape index (κ3) is 43.5. The van der Waals surface area contributed by atoms with E-state index in [2.05, 4.69) is 16.0 Å². The zero-order valence-electron chi connectivity index (χ0n) is 53.1. The lowest BCUT2D eigenvalue weighted by Crippen LogP contribution is -2.41. The van der Waals surface area contributed by atoms with Crippen LogP contribution in [0.2, 0.25) is 0 Å². The number of amides is 4. The molecule has 1 unspecified atom stereocenters. The number of unbranched alkanes of at least 4 members (excludes halogenated alkanes) is 13. The smallest absolute Gasteiger partial charge is 0.326 e. The molecule has 0 aliphatic rings.